The Morgan fingerprint density at radius 3 is 2.39 bits per heavy atom. The molecule has 0 saturated carbocycles. The Hall–Kier alpha value is -2.90. The van der Waals surface area contributed by atoms with Gasteiger partial charge in [0.05, 0.1) is 15.7 Å². The second-order valence-corrected chi connectivity index (χ2v) is 8.53. The van der Waals surface area contributed by atoms with Crippen LogP contribution < -0.4 is 15.0 Å². The van der Waals surface area contributed by atoms with E-state index in [9.17, 15) is 9.59 Å². The summed E-state index contributed by atoms with van der Waals surface area (Å²) in [5, 5.41) is 3.42. The van der Waals surface area contributed by atoms with Crippen LogP contribution in [-0.2, 0) is 16.2 Å². The minimum absolute atomic E-state index is 0.0884. The van der Waals surface area contributed by atoms with Crippen molar-refractivity contribution in [1.82, 2.24) is 5.32 Å². The summed E-state index contributed by atoms with van der Waals surface area (Å²) < 4.78 is 5.93. The predicted molar refractivity (Wildman–Crippen MR) is 135 cm³/mol. The lowest BCUT2D eigenvalue weighted by molar-refractivity contribution is -0.122. The molecule has 0 aromatic heterocycles. The van der Waals surface area contributed by atoms with Gasteiger partial charge in [-0.2, -0.15) is 0 Å². The molecule has 0 bridgehead atoms. The van der Waals surface area contributed by atoms with E-state index >= 15 is 0 Å². The number of hydrogen-bond acceptors (Lipinski definition) is 4. The Labute approximate surface area is 210 Å². The molecule has 9 heteroatoms. The maximum Gasteiger partial charge on any atom is 0.270 e. The molecule has 1 N–H and O–H groups in total. The number of hydrogen-bond donors (Lipinski definition) is 1. The molecule has 166 valence electrons. The van der Waals surface area contributed by atoms with Crippen molar-refractivity contribution in [3.63, 3.8) is 0 Å². The molecular formula is C24H15Cl3N2O3S. The molecule has 5 nitrogen and oxygen atoms in total. The minimum Gasteiger partial charge on any atom is -0.488 e. The molecule has 0 spiro atoms. The average Bonchev–Trinajstić information content (AvgIpc) is 2.79. The Morgan fingerprint density at radius 1 is 0.909 bits per heavy atom. The van der Waals surface area contributed by atoms with Crippen LogP contribution in [0.3, 0.4) is 0 Å². The lowest BCUT2D eigenvalue weighted by Gasteiger charge is -2.29. The minimum atomic E-state index is -0.631. The van der Waals surface area contributed by atoms with E-state index in [4.69, 9.17) is 51.8 Å². The van der Waals surface area contributed by atoms with E-state index in [-0.39, 0.29) is 33.0 Å². The van der Waals surface area contributed by atoms with Gasteiger partial charge in [0.25, 0.3) is 11.8 Å². The summed E-state index contributed by atoms with van der Waals surface area (Å²) in [7, 11) is 0. The van der Waals surface area contributed by atoms with Crippen LogP contribution in [0.15, 0.2) is 72.3 Å². The van der Waals surface area contributed by atoms with Gasteiger partial charge >= 0.3 is 0 Å². The van der Waals surface area contributed by atoms with E-state index in [0.717, 1.165) is 10.5 Å². The molecule has 1 aliphatic heterocycles. The number of thiocarbonyl (C=S) groups is 1. The number of rotatable bonds is 5. The highest BCUT2D eigenvalue weighted by atomic mass is 35.5. The van der Waals surface area contributed by atoms with Crippen molar-refractivity contribution in [2.45, 2.75) is 6.61 Å². The first kappa shape index (κ1) is 23.3. The van der Waals surface area contributed by atoms with Crippen molar-refractivity contribution < 1.29 is 14.3 Å². The largest absolute Gasteiger partial charge is 0.488 e. The second-order valence-electron chi connectivity index (χ2n) is 6.95. The van der Waals surface area contributed by atoms with Gasteiger partial charge in [-0.1, -0.05) is 77.3 Å². The predicted octanol–water partition coefficient (Wildman–Crippen LogP) is 6.06. The zero-order valence-corrected chi connectivity index (χ0v) is 19.9. The standard InChI is InChI=1S/C24H15Cl3N2O3S/c25-17-8-3-1-7-15(17)13-32-20-11-4-2-6-14(20)12-16-22(30)28-24(33)29(23(16)31)19-10-5-9-18(26)21(19)27/h1-12H,13H2,(H,28,30,33)/b16-12+. The number of anilines is 1. The number of carbonyl (C=O) groups excluding carboxylic acids is 2. The lowest BCUT2D eigenvalue weighted by Crippen LogP contribution is -2.54. The smallest absolute Gasteiger partial charge is 0.270 e. The number of nitrogens with one attached hydrogen (secondary N) is 1. The fourth-order valence-corrected chi connectivity index (χ4v) is 4.04. The number of halogens is 3. The Balaban J connectivity index is 1.67. The first-order valence-corrected chi connectivity index (χ1v) is 11.2. The molecule has 3 aromatic rings. The van der Waals surface area contributed by atoms with Crippen molar-refractivity contribution in [2.24, 2.45) is 0 Å². The number of benzene rings is 3. The second kappa shape index (κ2) is 9.93. The Morgan fingerprint density at radius 2 is 1.61 bits per heavy atom. The van der Waals surface area contributed by atoms with Gasteiger partial charge in [-0.15, -0.1) is 0 Å². The van der Waals surface area contributed by atoms with Crippen LogP contribution in [-0.4, -0.2) is 16.9 Å². The molecule has 1 heterocycles. The molecule has 33 heavy (non-hydrogen) atoms. The van der Waals surface area contributed by atoms with Crippen molar-refractivity contribution in [2.75, 3.05) is 4.90 Å². The molecule has 4 rings (SSSR count). The zero-order valence-electron chi connectivity index (χ0n) is 16.8. The first-order chi connectivity index (χ1) is 15.9. The van der Waals surface area contributed by atoms with Crippen molar-refractivity contribution in [3.05, 3.63) is 98.5 Å². The van der Waals surface area contributed by atoms with E-state index in [1.807, 2.05) is 18.2 Å². The van der Waals surface area contributed by atoms with Crippen LogP contribution >= 0.6 is 47.0 Å². The Bertz CT molecular complexity index is 1310. The maximum atomic E-state index is 13.3. The van der Waals surface area contributed by atoms with Gasteiger partial charge in [-0.05, 0) is 42.6 Å². The molecule has 1 saturated heterocycles. The molecule has 3 aromatic carbocycles. The molecule has 0 unspecified atom stereocenters. The monoisotopic (exact) mass is 516 g/mol. The van der Waals surface area contributed by atoms with Gasteiger partial charge in [-0.3, -0.25) is 19.8 Å². The van der Waals surface area contributed by atoms with Crippen LogP contribution in [0.2, 0.25) is 15.1 Å². The summed E-state index contributed by atoms with van der Waals surface area (Å²) in [5.41, 5.74) is 1.48. The fourth-order valence-electron chi connectivity index (χ4n) is 3.20. The highest BCUT2D eigenvalue weighted by Crippen LogP contribution is 2.34. The molecule has 1 fully saturated rings. The van der Waals surface area contributed by atoms with E-state index < -0.39 is 11.8 Å². The molecule has 0 radical (unpaired) electrons. The van der Waals surface area contributed by atoms with E-state index in [2.05, 4.69) is 5.32 Å². The van der Waals surface area contributed by atoms with Crippen molar-refractivity contribution in [3.8, 4) is 5.75 Å². The van der Waals surface area contributed by atoms with Gasteiger partial charge < -0.3 is 4.74 Å². The number of para-hydroxylation sites is 1. The zero-order chi connectivity index (χ0) is 23.5. The Kier molecular flexibility index (Phi) is 7.00. The number of amides is 2. The van der Waals surface area contributed by atoms with Crippen LogP contribution in [0.25, 0.3) is 6.08 Å². The first-order valence-electron chi connectivity index (χ1n) is 9.67. The van der Waals surface area contributed by atoms with Crippen molar-refractivity contribution in [1.29, 1.82) is 0 Å². The van der Waals surface area contributed by atoms with E-state index in [1.54, 1.807) is 48.5 Å². The van der Waals surface area contributed by atoms with E-state index in [0.29, 0.717) is 16.3 Å². The van der Waals surface area contributed by atoms with Gasteiger partial charge in [0, 0.05) is 16.1 Å². The number of ether oxygens (including phenoxy) is 1. The number of carbonyl (C=O) groups is 2. The van der Waals surface area contributed by atoms with Crippen LogP contribution in [0.5, 0.6) is 5.75 Å². The third-order valence-corrected chi connectivity index (χ3v) is 6.30. The topological polar surface area (TPSA) is 58.6 Å². The highest BCUT2D eigenvalue weighted by molar-refractivity contribution is 7.80. The summed E-state index contributed by atoms with van der Waals surface area (Å²) in [6.45, 7) is 0.217. The summed E-state index contributed by atoms with van der Waals surface area (Å²) in [6.07, 6.45) is 1.45. The number of nitrogens with zero attached hydrogens (tertiary/aromatic N) is 1. The quantitative estimate of drug-likeness (QED) is 0.254. The maximum absolute atomic E-state index is 13.3. The van der Waals surface area contributed by atoms with Crippen LogP contribution in [0, 0.1) is 0 Å². The molecular weight excluding hydrogens is 503 g/mol. The third kappa shape index (κ3) is 4.89. The van der Waals surface area contributed by atoms with Crippen LogP contribution in [0.4, 0.5) is 5.69 Å². The van der Waals surface area contributed by atoms with Gasteiger partial charge in [-0.25, -0.2) is 0 Å². The van der Waals surface area contributed by atoms with E-state index in [1.165, 1.54) is 6.08 Å². The van der Waals surface area contributed by atoms with Crippen LogP contribution in [0.1, 0.15) is 11.1 Å². The van der Waals surface area contributed by atoms with Crippen molar-refractivity contribution >= 4 is 75.7 Å². The van der Waals surface area contributed by atoms with Gasteiger partial charge in [0.15, 0.2) is 5.11 Å². The highest BCUT2D eigenvalue weighted by Gasteiger charge is 2.35. The van der Waals surface area contributed by atoms with Gasteiger partial charge in [0.2, 0.25) is 0 Å². The SMILES string of the molecule is O=C1NC(=S)N(c2cccc(Cl)c2Cl)C(=O)/C1=C/c1ccccc1OCc1ccccc1Cl. The normalized spacial score (nSPS) is 15.1. The summed E-state index contributed by atoms with van der Waals surface area (Å²) in [6, 6.07) is 19.2. The molecule has 2 amide bonds. The summed E-state index contributed by atoms with van der Waals surface area (Å²) in [5.74, 6) is -0.778. The fraction of sp³-hybridized carbons (Fsp3) is 0.0417. The third-order valence-electron chi connectivity index (χ3n) is 4.83. The summed E-state index contributed by atoms with van der Waals surface area (Å²) in [4.78, 5) is 27.1. The molecule has 1 aliphatic rings. The average molecular weight is 518 g/mol. The molecule has 0 atom stereocenters. The summed E-state index contributed by atoms with van der Waals surface area (Å²) >= 11 is 23.8. The lowest BCUT2D eigenvalue weighted by atomic mass is 10.1. The van der Waals surface area contributed by atoms with Gasteiger partial charge in [0.1, 0.15) is 17.9 Å². The molecule has 0 aliphatic carbocycles.